The first kappa shape index (κ1) is 22.7. The SMILES string of the molecule is C[C@H](NC(=O)C1CCN(C(=O)c2cnn(-c3ccccc3)c2-n2cccc2)CC1)c1ccccc1. The van der Waals surface area contributed by atoms with Crippen LogP contribution in [0.1, 0.15) is 41.7 Å². The summed E-state index contributed by atoms with van der Waals surface area (Å²) in [6.45, 7) is 3.08. The van der Waals surface area contributed by atoms with E-state index in [-0.39, 0.29) is 23.8 Å². The summed E-state index contributed by atoms with van der Waals surface area (Å²) in [5.74, 6) is 0.606. The lowest BCUT2D eigenvalue weighted by atomic mass is 9.94. The van der Waals surface area contributed by atoms with Crippen LogP contribution < -0.4 is 5.32 Å². The van der Waals surface area contributed by atoms with Gasteiger partial charge in [-0.25, -0.2) is 4.68 Å². The predicted molar refractivity (Wildman–Crippen MR) is 135 cm³/mol. The van der Waals surface area contributed by atoms with E-state index in [1.165, 1.54) is 0 Å². The van der Waals surface area contributed by atoms with Gasteiger partial charge in [-0.05, 0) is 49.6 Å². The topological polar surface area (TPSA) is 72.2 Å². The predicted octanol–water partition coefficient (Wildman–Crippen LogP) is 4.39. The molecule has 0 aliphatic carbocycles. The molecule has 4 aromatic rings. The number of amides is 2. The number of aromatic nitrogens is 3. The van der Waals surface area contributed by atoms with Crippen LogP contribution in [0, 0.1) is 5.92 Å². The third kappa shape index (κ3) is 4.75. The van der Waals surface area contributed by atoms with Crippen LogP contribution >= 0.6 is 0 Å². The lowest BCUT2D eigenvalue weighted by Gasteiger charge is -2.32. The van der Waals surface area contributed by atoms with Crippen molar-refractivity contribution in [1.82, 2.24) is 24.6 Å². The molecular weight excluding hydrogens is 438 g/mol. The maximum Gasteiger partial charge on any atom is 0.259 e. The van der Waals surface area contributed by atoms with Crippen LogP contribution in [-0.4, -0.2) is 44.2 Å². The average molecular weight is 468 g/mol. The third-order valence-electron chi connectivity index (χ3n) is 6.64. The molecular formula is C28H29N5O2. The van der Waals surface area contributed by atoms with Crippen molar-refractivity contribution in [2.75, 3.05) is 13.1 Å². The van der Waals surface area contributed by atoms with Crippen LogP contribution in [0.4, 0.5) is 0 Å². The lowest BCUT2D eigenvalue weighted by molar-refractivity contribution is -0.127. The van der Waals surface area contributed by atoms with Gasteiger partial charge in [0, 0.05) is 31.4 Å². The fourth-order valence-electron chi connectivity index (χ4n) is 4.65. The van der Waals surface area contributed by atoms with Gasteiger partial charge in [0.2, 0.25) is 5.91 Å². The average Bonchev–Trinajstić information content (AvgIpc) is 3.59. The number of hydrogen-bond acceptors (Lipinski definition) is 3. The quantitative estimate of drug-likeness (QED) is 0.457. The van der Waals surface area contributed by atoms with E-state index < -0.39 is 0 Å². The van der Waals surface area contributed by atoms with Gasteiger partial charge in [0.1, 0.15) is 5.56 Å². The number of likely N-dealkylation sites (tertiary alicyclic amines) is 1. The standard InChI is InChI=1S/C28H29N5O2/c1-21(22-10-4-2-5-11-22)30-26(34)23-14-18-32(19-15-23)28(35)25-20-29-33(24-12-6-3-7-13-24)27(25)31-16-8-9-17-31/h2-13,16-17,20-21,23H,14-15,18-19H2,1H3,(H,30,34)/t21-/m0/s1. The minimum atomic E-state index is -0.0961. The Kier molecular flexibility index (Phi) is 6.48. The minimum Gasteiger partial charge on any atom is -0.349 e. The Morgan fingerprint density at radius 3 is 2.20 bits per heavy atom. The highest BCUT2D eigenvalue weighted by Crippen LogP contribution is 2.25. The second kappa shape index (κ2) is 10.0. The first-order valence-electron chi connectivity index (χ1n) is 12.0. The summed E-state index contributed by atoms with van der Waals surface area (Å²) in [6, 6.07) is 23.6. The van der Waals surface area contributed by atoms with E-state index in [1.807, 2.05) is 102 Å². The Labute approximate surface area is 205 Å². The van der Waals surface area contributed by atoms with Crippen molar-refractivity contribution in [1.29, 1.82) is 0 Å². The highest BCUT2D eigenvalue weighted by atomic mass is 16.2. The van der Waals surface area contributed by atoms with Crippen molar-refractivity contribution in [2.24, 2.45) is 5.92 Å². The maximum atomic E-state index is 13.6. The van der Waals surface area contributed by atoms with Crippen LogP contribution in [0.15, 0.2) is 91.4 Å². The summed E-state index contributed by atoms with van der Waals surface area (Å²) in [4.78, 5) is 28.3. The van der Waals surface area contributed by atoms with Gasteiger partial charge < -0.3 is 14.8 Å². The molecule has 0 unspecified atom stereocenters. The van der Waals surface area contributed by atoms with Gasteiger partial charge in [-0.3, -0.25) is 9.59 Å². The number of piperidine rings is 1. The van der Waals surface area contributed by atoms with Gasteiger partial charge in [0.25, 0.3) is 5.91 Å². The summed E-state index contributed by atoms with van der Waals surface area (Å²) in [6.07, 6.45) is 6.76. The highest BCUT2D eigenvalue weighted by Gasteiger charge is 2.31. The molecule has 0 spiro atoms. The molecule has 35 heavy (non-hydrogen) atoms. The van der Waals surface area contributed by atoms with Gasteiger partial charge in [-0.15, -0.1) is 0 Å². The number of nitrogens with one attached hydrogen (secondary N) is 1. The number of benzene rings is 2. The summed E-state index contributed by atoms with van der Waals surface area (Å²) >= 11 is 0. The molecule has 1 aliphatic rings. The molecule has 0 bridgehead atoms. The Morgan fingerprint density at radius 1 is 0.914 bits per heavy atom. The van der Waals surface area contributed by atoms with Crippen LogP contribution in [0.3, 0.4) is 0 Å². The van der Waals surface area contributed by atoms with Crippen molar-refractivity contribution >= 4 is 11.8 Å². The number of carbonyl (C=O) groups is 2. The van der Waals surface area contributed by atoms with E-state index in [0.717, 1.165) is 11.3 Å². The molecule has 2 aromatic heterocycles. The van der Waals surface area contributed by atoms with Crippen molar-refractivity contribution < 1.29 is 9.59 Å². The fraction of sp³-hybridized carbons (Fsp3) is 0.250. The zero-order valence-electron chi connectivity index (χ0n) is 19.7. The van der Waals surface area contributed by atoms with E-state index in [4.69, 9.17) is 0 Å². The Morgan fingerprint density at radius 2 is 1.54 bits per heavy atom. The molecule has 178 valence electrons. The molecule has 7 nitrogen and oxygen atoms in total. The molecule has 3 heterocycles. The normalized spacial score (nSPS) is 15.1. The molecule has 1 atom stereocenters. The molecule has 7 heteroatoms. The molecule has 2 aromatic carbocycles. The van der Waals surface area contributed by atoms with Gasteiger partial charge in [0.15, 0.2) is 5.82 Å². The Hall–Kier alpha value is -4.13. The molecule has 1 aliphatic heterocycles. The van der Waals surface area contributed by atoms with E-state index in [1.54, 1.807) is 10.9 Å². The summed E-state index contributed by atoms with van der Waals surface area (Å²) in [5, 5.41) is 7.68. The van der Waals surface area contributed by atoms with Crippen LogP contribution in [0.2, 0.25) is 0 Å². The molecule has 0 radical (unpaired) electrons. The second-order valence-corrected chi connectivity index (χ2v) is 8.93. The molecule has 1 saturated heterocycles. The number of hydrogen-bond donors (Lipinski definition) is 1. The molecule has 0 saturated carbocycles. The smallest absolute Gasteiger partial charge is 0.259 e. The molecule has 5 rings (SSSR count). The Bertz CT molecular complexity index is 1270. The summed E-state index contributed by atoms with van der Waals surface area (Å²) in [7, 11) is 0. The lowest BCUT2D eigenvalue weighted by Crippen LogP contribution is -2.43. The number of carbonyl (C=O) groups excluding carboxylic acids is 2. The van der Waals surface area contributed by atoms with E-state index in [0.29, 0.717) is 37.3 Å². The van der Waals surface area contributed by atoms with Gasteiger partial charge in [0.05, 0.1) is 17.9 Å². The van der Waals surface area contributed by atoms with E-state index in [9.17, 15) is 9.59 Å². The third-order valence-corrected chi connectivity index (χ3v) is 6.64. The van der Waals surface area contributed by atoms with E-state index in [2.05, 4.69) is 10.4 Å². The van der Waals surface area contributed by atoms with Gasteiger partial charge in [-0.1, -0.05) is 48.5 Å². The molecule has 1 N–H and O–H groups in total. The summed E-state index contributed by atoms with van der Waals surface area (Å²) < 4.78 is 3.71. The van der Waals surface area contributed by atoms with Crippen molar-refractivity contribution in [3.05, 3.63) is 103 Å². The first-order valence-corrected chi connectivity index (χ1v) is 12.0. The zero-order valence-corrected chi connectivity index (χ0v) is 19.7. The van der Waals surface area contributed by atoms with E-state index >= 15 is 0 Å². The van der Waals surface area contributed by atoms with Crippen LogP contribution in [0.25, 0.3) is 11.5 Å². The monoisotopic (exact) mass is 467 g/mol. The van der Waals surface area contributed by atoms with Crippen molar-refractivity contribution in [3.8, 4) is 11.5 Å². The largest absolute Gasteiger partial charge is 0.349 e. The minimum absolute atomic E-state index is 0.0451. The second-order valence-electron chi connectivity index (χ2n) is 8.93. The first-order chi connectivity index (χ1) is 17.1. The van der Waals surface area contributed by atoms with Crippen molar-refractivity contribution in [3.63, 3.8) is 0 Å². The Balaban J connectivity index is 1.28. The molecule has 1 fully saturated rings. The number of nitrogens with zero attached hydrogens (tertiary/aromatic N) is 4. The number of para-hydroxylation sites is 1. The highest BCUT2D eigenvalue weighted by molar-refractivity contribution is 5.97. The van der Waals surface area contributed by atoms with Gasteiger partial charge in [-0.2, -0.15) is 5.10 Å². The van der Waals surface area contributed by atoms with Crippen LogP contribution in [0.5, 0.6) is 0 Å². The fourth-order valence-corrected chi connectivity index (χ4v) is 4.65. The van der Waals surface area contributed by atoms with Crippen LogP contribution in [-0.2, 0) is 4.79 Å². The number of rotatable bonds is 6. The molecule has 2 amide bonds. The zero-order chi connectivity index (χ0) is 24.2. The van der Waals surface area contributed by atoms with Gasteiger partial charge >= 0.3 is 0 Å². The van der Waals surface area contributed by atoms with Crippen molar-refractivity contribution in [2.45, 2.75) is 25.8 Å². The maximum absolute atomic E-state index is 13.6. The summed E-state index contributed by atoms with van der Waals surface area (Å²) in [5.41, 5.74) is 2.52.